The molecule has 0 fully saturated rings. The lowest BCUT2D eigenvalue weighted by Crippen LogP contribution is -1.84. The Labute approximate surface area is 257 Å². The Morgan fingerprint density at radius 1 is 0.381 bits per heavy atom. The van der Waals surface area contributed by atoms with Crippen LogP contribution in [0.25, 0.3) is 0 Å². The van der Waals surface area contributed by atoms with Crippen LogP contribution in [-0.2, 0) is 0 Å². The topological polar surface area (TPSA) is 40.5 Å². The summed E-state index contributed by atoms with van der Waals surface area (Å²) >= 11 is 0. The number of allylic oxidation sites excluding steroid dienone is 26. The lowest BCUT2D eigenvalue weighted by molar-refractivity contribution is 0.331. The molecule has 0 unspecified atom stereocenters. The SMILES string of the molecule is CC(C=CC=C(C)C=CC=C(C)C=CC=C(C)CO)=CC=CC=C(C)C=CC=C(C)C=CC=C(C)CCC=C(C)CO. The van der Waals surface area contributed by atoms with Crippen LogP contribution in [-0.4, -0.2) is 23.4 Å². The fourth-order valence-corrected chi connectivity index (χ4v) is 3.22. The Morgan fingerprint density at radius 3 is 1.05 bits per heavy atom. The molecule has 0 aliphatic carbocycles. The van der Waals surface area contributed by atoms with Crippen molar-refractivity contribution in [2.75, 3.05) is 13.2 Å². The molecule has 0 saturated heterocycles. The van der Waals surface area contributed by atoms with Gasteiger partial charge in [0.15, 0.2) is 0 Å². The summed E-state index contributed by atoms with van der Waals surface area (Å²) < 4.78 is 0. The first-order chi connectivity index (χ1) is 20.1. The van der Waals surface area contributed by atoms with E-state index in [-0.39, 0.29) is 13.2 Å². The van der Waals surface area contributed by atoms with Gasteiger partial charge in [-0.05, 0) is 73.8 Å². The van der Waals surface area contributed by atoms with Crippen LogP contribution in [0.2, 0.25) is 0 Å². The zero-order chi connectivity index (χ0) is 31.6. The van der Waals surface area contributed by atoms with Crippen molar-refractivity contribution in [2.45, 2.75) is 68.2 Å². The van der Waals surface area contributed by atoms with Gasteiger partial charge in [-0.3, -0.25) is 0 Å². The van der Waals surface area contributed by atoms with Crippen molar-refractivity contribution in [3.8, 4) is 0 Å². The molecule has 0 aliphatic rings. The molecule has 0 amide bonds. The highest BCUT2D eigenvalue weighted by Crippen LogP contribution is 2.08. The number of aliphatic hydroxyl groups is 2. The Morgan fingerprint density at radius 2 is 0.690 bits per heavy atom. The second kappa shape index (κ2) is 25.0. The van der Waals surface area contributed by atoms with Crippen LogP contribution >= 0.6 is 0 Å². The second-order valence-electron chi connectivity index (χ2n) is 10.7. The van der Waals surface area contributed by atoms with E-state index in [2.05, 4.69) is 139 Å². The van der Waals surface area contributed by atoms with Crippen LogP contribution in [0, 0.1) is 0 Å². The summed E-state index contributed by atoms with van der Waals surface area (Å²) in [6, 6.07) is 0. The maximum absolute atomic E-state index is 9.05. The van der Waals surface area contributed by atoms with E-state index in [1.165, 1.54) is 27.9 Å². The molecule has 0 rings (SSSR count). The summed E-state index contributed by atoms with van der Waals surface area (Å²) in [7, 11) is 0. The summed E-state index contributed by atoms with van der Waals surface area (Å²) in [5.74, 6) is 0. The average molecular weight is 567 g/mol. The summed E-state index contributed by atoms with van der Waals surface area (Å²) in [5.41, 5.74) is 9.18. The fourth-order valence-electron chi connectivity index (χ4n) is 3.22. The van der Waals surface area contributed by atoms with Crippen LogP contribution in [0.1, 0.15) is 68.2 Å². The highest BCUT2D eigenvalue weighted by molar-refractivity contribution is 5.33. The fraction of sp³-hybridized carbons (Fsp3) is 0.300. The maximum Gasteiger partial charge on any atom is 0.0642 e. The lowest BCUT2D eigenvalue weighted by atomic mass is 10.1. The molecule has 0 atom stereocenters. The van der Waals surface area contributed by atoms with E-state index < -0.39 is 0 Å². The Hall–Kier alpha value is -3.72. The summed E-state index contributed by atoms with van der Waals surface area (Å²) in [5, 5.41) is 18.1. The van der Waals surface area contributed by atoms with E-state index in [0.29, 0.717) is 0 Å². The molecule has 0 aromatic carbocycles. The molecule has 42 heavy (non-hydrogen) atoms. The van der Waals surface area contributed by atoms with E-state index in [0.717, 1.165) is 29.6 Å². The predicted octanol–water partition coefficient (Wildman–Crippen LogP) is 10.7. The van der Waals surface area contributed by atoms with Gasteiger partial charge in [0.25, 0.3) is 0 Å². The quantitative estimate of drug-likeness (QED) is 0.136. The van der Waals surface area contributed by atoms with Crippen molar-refractivity contribution < 1.29 is 10.2 Å². The van der Waals surface area contributed by atoms with E-state index in [1.807, 2.05) is 38.2 Å². The monoisotopic (exact) mass is 566 g/mol. The molecular formula is C40H54O2. The molecular weight excluding hydrogens is 512 g/mol. The number of hydrogen-bond donors (Lipinski definition) is 2. The third kappa shape index (κ3) is 24.1. The second-order valence-corrected chi connectivity index (χ2v) is 10.7. The summed E-state index contributed by atoms with van der Waals surface area (Å²) in [4.78, 5) is 0. The molecule has 0 aromatic heterocycles. The summed E-state index contributed by atoms with van der Waals surface area (Å²) in [6.45, 7) is 16.7. The van der Waals surface area contributed by atoms with Gasteiger partial charge in [-0.2, -0.15) is 0 Å². The first-order valence-electron chi connectivity index (χ1n) is 14.7. The van der Waals surface area contributed by atoms with Crippen LogP contribution in [0.4, 0.5) is 0 Å². The molecule has 2 heteroatoms. The Bertz CT molecular complexity index is 1240. The minimum atomic E-state index is 0.0901. The molecule has 0 saturated carbocycles. The highest BCUT2D eigenvalue weighted by atomic mass is 16.3. The van der Waals surface area contributed by atoms with Crippen molar-refractivity contribution in [1.29, 1.82) is 0 Å². The van der Waals surface area contributed by atoms with Crippen LogP contribution in [0.3, 0.4) is 0 Å². The van der Waals surface area contributed by atoms with Crippen molar-refractivity contribution >= 4 is 0 Å². The standard InChI is InChI=1S/C40H54O2/c1-33(19-11-21-35(3)23-13-25-37(5)27-15-29-39(7)31-41)17-9-10-18-34(2)20-12-22-36(4)24-14-26-38(6)28-16-30-40(8)32-42/h9-15,17-27,29-30,41-42H,16,28,31-32H2,1-8H3. The van der Waals surface area contributed by atoms with Crippen molar-refractivity contribution in [3.63, 3.8) is 0 Å². The first-order valence-corrected chi connectivity index (χ1v) is 14.7. The van der Waals surface area contributed by atoms with E-state index in [4.69, 9.17) is 10.2 Å². The molecule has 226 valence electrons. The maximum atomic E-state index is 9.05. The highest BCUT2D eigenvalue weighted by Gasteiger charge is 1.89. The zero-order valence-corrected chi connectivity index (χ0v) is 27.3. The van der Waals surface area contributed by atoms with Gasteiger partial charge in [0, 0.05) is 0 Å². The van der Waals surface area contributed by atoms with Crippen molar-refractivity contribution in [3.05, 3.63) is 166 Å². The van der Waals surface area contributed by atoms with Gasteiger partial charge in [0.05, 0.1) is 13.2 Å². The molecule has 0 aliphatic heterocycles. The van der Waals surface area contributed by atoms with Gasteiger partial charge in [0.1, 0.15) is 0 Å². The number of hydrogen-bond acceptors (Lipinski definition) is 2. The minimum Gasteiger partial charge on any atom is -0.392 e. The zero-order valence-electron chi connectivity index (χ0n) is 27.3. The molecule has 0 aromatic rings. The molecule has 2 N–H and O–H groups in total. The van der Waals surface area contributed by atoms with Gasteiger partial charge in [0.2, 0.25) is 0 Å². The molecule has 2 nitrogen and oxygen atoms in total. The molecule has 0 heterocycles. The van der Waals surface area contributed by atoms with Crippen molar-refractivity contribution in [2.24, 2.45) is 0 Å². The van der Waals surface area contributed by atoms with Crippen LogP contribution in [0.5, 0.6) is 0 Å². The van der Waals surface area contributed by atoms with Gasteiger partial charge >= 0.3 is 0 Å². The molecule has 0 spiro atoms. The first kappa shape index (κ1) is 38.3. The van der Waals surface area contributed by atoms with Gasteiger partial charge in [-0.25, -0.2) is 0 Å². The molecule has 0 bridgehead atoms. The molecule has 0 radical (unpaired) electrons. The minimum absolute atomic E-state index is 0.0901. The third-order valence-electron chi connectivity index (χ3n) is 5.99. The van der Waals surface area contributed by atoms with Crippen LogP contribution in [0.15, 0.2) is 166 Å². The number of rotatable bonds is 17. The van der Waals surface area contributed by atoms with Gasteiger partial charge < -0.3 is 10.2 Å². The van der Waals surface area contributed by atoms with E-state index in [1.54, 1.807) is 0 Å². The van der Waals surface area contributed by atoms with E-state index in [9.17, 15) is 0 Å². The van der Waals surface area contributed by atoms with Gasteiger partial charge in [-0.1, -0.05) is 161 Å². The van der Waals surface area contributed by atoms with Crippen LogP contribution < -0.4 is 0 Å². The Balaban J connectivity index is 4.76. The Kier molecular flexibility index (Phi) is 22.8. The smallest absolute Gasteiger partial charge is 0.0642 e. The lowest BCUT2D eigenvalue weighted by Gasteiger charge is -1.98. The average Bonchev–Trinajstić information content (AvgIpc) is 2.95. The summed E-state index contributed by atoms with van der Waals surface area (Å²) in [6.07, 6.45) is 43.4. The predicted molar refractivity (Wildman–Crippen MR) is 188 cm³/mol. The normalized spacial score (nSPS) is 16.3. The number of aliphatic hydroxyl groups excluding tert-OH is 2. The third-order valence-corrected chi connectivity index (χ3v) is 5.99. The van der Waals surface area contributed by atoms with Gasteiger partial charge in [-0.15, -0.1) is 0 Å². The largest absolute Gasteiger partial charge is 0.392 e. The van der Waals surface area contributed by atoms with Crippen molar-refractivity contribution in [1.82, 2.24) is 0 Å². The van der Waals surface area contributed by atoms with E-state index >= 15 is 0 Å².